The summed E-state index contributed by atoms with van der Waals surface area (Å²) < 4.78 is 0. The van der Waals surface area contributed by atoms with E-state index in [1.54, 1.807) is 6.08 Å². The van der Waals surface area contributed by atoms with E-state index in [4.69, 9.17) is 0 Å². The molecule has 2 nitrogen and oxygen atoms in total. The number of hydrogen-bond acceptors (Lipinski definition) is 1. The van der Waals surface area contributed by atoms with Crippen molar-refractivity contribution in [3.63, 3.8) is 0 Å². The molecule has 2 atom stereocenters. The first kappa shape index (κ1) is 18.7. The summed E-state index contributed by atoms with van der Waals surface area (Å²) in [5.41, 5.74) is 0. The van der Waals surface area contributed by atoms with Gasteiger partial charge in [0, 0.05) is 19.5 Å². The van der Waals surface area contributed by atoms with Gasteiger partial charge in [-0.1, -0.05) is 44.1 Å². The minimum absolute atomic E-state index is 0.177. The van der Waals surface area contributed by atoms with Gasteiger partial charge in [0.1, 0.15) is 0 Å². The number of amides is 1. The van der Waals surface area contributed by atoms with Crippen LogP contribution in [0.3, 0.4) is 0 Å². The minimum atomic E-state index is 0.177. The number of hydrogen-bond donors (Lipinski definition) is 0. The van der Waals surface area contributed by atoms with Crippen LogP contribution in [0.4, 0.5) is 0 Å². The molecule has 0 spiro atoms. The Morgan fingerprint density at radius 2 is 1.91 bits per heavy atom. The Kier molecular flexibility index (Phi) is 9.61. The molecule has 0 aromatic carbocycles. The summed E-state index contributed by atoms with van der Waals surface area (Å²) in [6, 6.07) is 0. The highest BCUT2D eigenvalue weighted by Crippen LogP contribution is 2.42. The van der Waals surface area contributed by atoms with Crippen LogP contribution in [-0.4, -0.2) is 23.9 Å². The van der Waals surface area contributed by atoms with Crippen LogP contribution in [0.15, 0.2) is 37.5 Å². The maximum atomic E-state index is 12.0. The molecule has 0 aromatic heterocycles. The molecule has 0 N–H and O–H groups in total. The molecule has 0 saturated heterocycles. The van der Waals surface area contributed by atoms with Crippen LogP contribution in [0.2, 0.25) is 0 Å². The van der Waals surface area contributed by atoms with E-state index in [-0.39, 0.29) is 5.91 Å². The summed E-state index contributed by atoms with van der Waals surface area (Å²) in [5.74, 6) is 1.68. The Morgan fingerprint density at radius 3 is 2.59 bits per heavy atom. The summed E-state index contributed by atoms with van der Waals surface area (Å²) in [4.78, 5) is 13.9. The zero-order valence-corrected chi connectivity index (χ0v) is 14.3. The van der Waals surface area contributed by atoms with Crippen LogP contribution in [-0.2, 0) is 4.79 Å². The van der Waals surface area contributed by atoms with Gasteiger partial charge in [0.15, 0.2) is 0 Å². The van der Waals surface area contributed by atoms with E-state index in [1.807, 2.05) is 11.0 Å². The van der Waals surface area contributed by atoms with Crippen LogP contribution < -0.4 is 0 Å². The second-order valence-electron chi connectivity index (χ2n) is 6.38. The van der Waals surface area contributed by atoms with E-state index in [0.717, 1.165) is 12.5 Å². The fraction of sp³-hybridized carbons (Fsp3) is 0.650. The minimum Gasteiger partial charge on any atom is -0.338 e. The lowest BCUT2D eigenvalue weighted by Gasteiger charge is -2.20. The van der Waals surface area contributed by atoms with Crippen molar-refractivity contribution in [2.24, 2.45) is 11.8 Å². The molecule has 0 aromatic rings. The first-order chi connectivity index (χ1) is 10.7. The monoisotopic (exact) mass is 303 g/mol. The number of unbranched alkanes of at least 4 members (excludes halogenated alkanes) is 3. The molecule has 1 fully saturated rings. The molecule has 1 aliphatic rings. The fourth-order valence-corrected chi connectivity index (χ4v) is 2.92. The van der Waals surface area contributed by atoms with Gasteiger partial charge in [-0.25, -0.2) is 0 Å². The normalized spacial score (nSPS) is 20.0. The average Bonchev–Trinajstić information content (AvgIpc) is 3.24. The van der Waals surface area contributed by atoms with Gasteiger partial charge >= 0.3 is 0 Å². The number of allylic oxidation sites excluding steroid dienone is 2. The predicted octanol–water partition coefficient (Wildman–Crippen LogP) is 5.13. The van der Waals surface area contributed by atoms with Crippen molar-refractivity contribution in [3.05, 3.63) is 37.5 Å². The highest BCUT2D eigenvalue weighted by molar-refractivity contribution is 5.77. The molecule has 0 radical (unpaired) electrons. The van der Waals surface area contributed by atoms with E-state index >= 15 is 0 Å². The molecule has 1 rings (SSSR count). The molecule has 0 heterocycles. The third-order valence-electron chi connectivity index (χ3n) is 4.39. The first-order valence-electron chi connectivity index (χ1n) is 8.87. The first-order valence-corrected chi connectivity index (χ1v) is 8.87. The highest BCUT2D eigenvalue weighted by atomic mass is 16.2. The standard InChI is InChI=1S/C20H33NO/c1-4-7-8-9-10-11-12-14-18-16-19(18)17-21(15-6-3)20(22)13-5-2/h5-6,10-11,18-19H,2-4,7-9,12-17H2,1H3/b11-10-. The molecule has 1 aliphatic carbocycles. The van der Waals surface area contributed by atoms with E-state index < -0.39 is 0 Å². The van der Waals surface area contributed by atoms with Gasteiger partial charge in [-0.2, -0.15) is 0 Å². The summed E-state index contributed by atoms with van der Waals surface area (Å²) in [5, 5.41) is 0. The van der Waals surface area contributed by atoms with Crippen molar-refractivity contribution >= 4 is 5.91 Å². The van der Waals surface area contributed by atoms with Crippen molar-refractivity contribution in [2.75, 3.05) is 13.1 Å². The van der Waals surface area contributed by atoms with Gasteiger partial charge < -0.3 is 4.90 Å². The second-order valence-corrected chi connectivity index (χ2v) is 6.38. The molecule has 2 heteroatoms. The second kappa shape index (κ2) is 11.3. The molecule has 2 unspecified atom stereocenters. The van der Waals surface area contributed by atoms with Crippen molar-refractivity contribution in [1.29, 1.82) is 0 Å². The van der Waals surface area contributed by atoms with Gasteiger partial charge in [0.25, 0.3) is 0 Å². The summed E-state index contributed by atoms with van der Waals surface area (Å²) in [7, 11) is 0. The molecule has 0 bridgehead atoms. The third kappa shape index (κ3) is 7.63. The third-order valence-corrected chi connectivity index (χ3v) is 4.39. The largest absolute Gasteiger partial charge is 0.338 e. The fourth-order valence-electron chi connectivity index (χ4n) is 2.92. The quantitative estimate of drug-likeness (QED) is 0.341. The lowest BCUT2D eigenvalue weighted by Crippen LogP contribution is -2.32. The van der Waals surface area contributed by atoms with E-state index in [0.29, 0.717) is 18.9 Å². The van der Waals surface area contributed by atoms with Gasteiger partial charge in [-0.15, -0.1) is 13.2 Å². The number of nitrogens with zero attached hydrogens (tertiary/aromatic N) is 1. The molecule has 1 amide bonds. The lowest BCUT2D eigenvalue weighted by atomic mass is 10.1. The predicted molar refractivity (Wildman–Crippen MR) is 95.7 cm³/mol. The number of rotatable bonds is 13. The zero-order valence-electron chi connectivity index (χ0n) is 14.3. The maximum absolute atomic E-state index is 12.0. The van der Waals surface area contributed by atoms with E-state index in [1.165, 1.54) is 44.9 Å². The van der Waals surface area contributed by atoms with Crippen molar-refractivity contribution in [3.8, 4) is 0 Å². The Morgan fingerprint density at radius 1 is 1.14 bits per heavy atom. The van der Waals surface area contributed by atoms with E-state index in [2.05, 4.69) is 32.2 Å². The van der Waals surface area contributed by atoms with Crippen LogP contribution >= 0.6 is 0 Å². The molecule has 22 heavy (non-hydrogen) atoms. The molecular formula is C20H33NO. The number of carbonyl (C=O) groups excluding carboxylic acids is 1. The Balaban J connectivity index is 2.17. The molecule has 1 saturated carbocycles. The topological polar surface area (TPSA) is 20.3 Å². The molecular weight excluding hydrogens is 270 g/mol. The lowest BCUT2D eigenvalue weighted by molar-refractivity contribution is -0.130. The SMILES string of the molecule is C=CCC(=O)N(CC=C)CC1CC1CC/C=C\CCCCC. The number of carbonyl (C=O) groups is 1. The van der Waals surface area contributed by atoms with Gasteiger partial charge in [0.2, 0.25) is 5.91 Å². The Bertz CT molecular complexity index is 372. The van der Waals surface area contributed by atoms with Crippen LogP contribution in [0.5, 0.6) is 0 Å². The van der Waals surface area contributed by atoms with Crippen molar-refractivity contribution in [2.45, 2.75) is 58.3 Å². The summed E-state index contributed by atoms with van der Waals surface area (Å²) >= 11 is 0. The van der Waals surface area contributed by atoms with E-state index in [9.17, 15) is 4.79 Å². The summed E-state index contributed by atoms with van der Waals surface area (Å²) in [6.07, 6.45) is 17.5. The zero-order chi connectivity index (χ0) is 16.2. The highest BCUT2D eigenvalue weighted by Gasteiger charge is 2.37. The van der Waals surface area contributed by atoms with Gasteiger partial charge in [0.05, 0.1) is 0 Å². The van der Waals surface area contributed by atoms with Gasteiger partial charge in [-0.05, 0) is 43.9 Å². The van der Waals surface area contributed by atoms with Crippen molar-refractivity contribution in [1.82, 2.24) is 4.90 Å². The van der Waals surface area contributed by atoms with Crippen LogP contribution in [0.1, 0.15) is 58.3 Å². The van der Waals surface area contributed by atoms with Crippen LogP contribution in [0.25, 0.3) is 0 Å². The van der Waals surface area contributed by atoms with Crippen molar-refractivity contribution < 1.29 is 4.79 Å². The summed E-state index contributed by atoms with van der Waals surface area (Å²) in [6.45, 7) is 11.2. The van der Waals surface area contributed by atoms with Crippen LogP contribution in [0, 0.1) is 11.8 Å². The Hall–Kier alpha value is -1.31. The average molecular weight is 303 g/mol. The smallest absolute Gasteiger partial charge is 0.226 e. The maximum Gasteiger partial charge on any atom is 0.226 e. The Labute approximate surface area is 137 Å². The molecule has 124 valence electrons. The molecule has 0 aliphatic heterocycles. The van der Waals surface area contributed by atoms with Gasteiger partial charge in [-0.3, -0.25) is 4.79 Å².